The number of ether oxygens (including phenoxy) is 1. The Labute approximate surface area is 181 Å². The molecule has 1 fully saturated rings. The third-order valence-corrected chi connectivity index (χ3v) is 4.86. The van der Waals surface area contributed by atoms with Gasteiger partial charge in [-0.1, -0.05) is 18.2 Å². The van der Waals surface area contributed by atoms with E-state index >= 15 is 0 Å². The Bertz CT molecular complexity index is 739. The Morgan fingerprint density at radius 3 is 2.45 bits per heavy atom. The highest BCUT2D eigenvalue weighted by Crippen LogP contribution is 2.30. The zero-order chi connectivity index (χ0) is 23.1. The first-order chi connectivity index (χ1) is 14.4. The van der Waals surface area contributed by atoms with Gasteiger partial charge in [0, 0.05) is 38.6 Å². The number of nitrogens with zero attached hydrogens (tertiary/aromatic N) is 1. The highest BCUT2D eigenvalue weighted by Gasteiger charge is 2.30. The van der Waals surface area contributed by atoms with Crippen molar-refractivity contribution < 1.29 is 27.5 Å². The summed E-state index contributed by atoms with van der Waals surface area (Å²) in [5.74, 6) is -0.0673. The molecule has 0 aromatic heterocycles. The first-order valence-electron chi connectivity index (χ1n) is 10.6. The number of alkyl halides is 3. The second kappa shape index (κ2) is 10.8. The van der Waals surface area contributed by atoms with Crippen molar-refractivity contribution >= 4 is 12.0 Å². The van der Waals surface area contributed by atoms with Crippen molar-refractivity contribution in [2.75, 3.05) is 19.6 Å². The van der Waals surface area contributed by atoms with Gasteiger partial charge in [-0.3, -0.25) is 9.69 Å². The second-order valence-corrected chi connectivity index (χ2v) is 8.85. The van der Waals surface area contributed by atoms with Crippen LogP contribution in [0.3, 0.4) is 0 Å². The zero-order valence-electron chi connectivity index (χ0n) is 18.3. The lowest BCUT2D eigenvalue weighted by molar-refractivity contribution is -0.137. The van der Waals surface area contributed by atoms with Crippen molar-refractivity contribution in [3.8, 4) is 0 Å². The second-order valence-electron chi connectivity index (χ2n) is 8.85. The number of rotatable bonds is 7. The maximum Gasteiger partial charge on any atom is 0.416 e. The van der Waals surface area contributed by atoms with Gasteiger partial charge in [-0.05, 0) is 51.7 Å². The summed E-state index contributed by atoms with van der Waals surface area (Å²) in [5.41, 5.74) is -0.555. The largest absolute Gasteiger partial charge is 0.444 e. The standard InChI is InChI=1S/C22H32F3N3O3/c1-21(2,3)31-20(30)26-11-5-8-19(29)27-18-9-12-28(13-10-18)15-16-6-4-7-17(14-16)22(23,24)25/h4,6-7,14,18H,5,8-13,15H2,1-3H3,(H,26,30)(H,27,29). The lowest BCUT2D eigenvalue weighted by Gasteiger charge is -2.32. The van der Waals surface area contributed by atoms with Crippen molar-refractivity contribution in [3.05, 3.63) is 35.4 Å². The number of amides is 2. The molecule has 0 aliphatic carbocycles. The van der Waals surface area contributed by atoms with Crippen LogP contribution in [0.25, 0.3) is 0 Å². The van der Waals surface area contributed by atoms with Gasteiger partial charge in [0.2, 0.25) is 5.91 Å². The molecule has 1 aliphatic rings. The van der Waals surface area contributed by atoms with Gasteiger partial charge in [0.05, 0.1) is 5.56 Å². The fourth-order valence-corrected chi connectivity index (χ4v) is 3.39. The van der Waals surface area contributed by atoms with Gasteiger partial charge in [0.25, 0.3) is 0 Å². The van der Waals surface area contributed by atoms with Crippen LogP contribution in [-0.4, -0.2) is 48.2 Å². The Balaban J connectivity index is 1.64. The van der Waals surface area contributed by atoms with Gasteiger partial charge >= 0.3 is 12.3 Å². The Morgan fingerprint density at radius 2 is 1.84 bits per heavy atom. The molecule has 0 spiro atoms. The molecule has 1 heterocycles. The zero-order valence-corrected chi connectivity index (χ0v) is 18.3. The number of halogens is 3. The molecule has 1 saturated heterocycles. The normalized spacial score (nSPS) is 16.1. The molecule has 9 heteroatoms. The number of likely N-dealkylation sites (tertiary alicyclic amines) is 1. The van der Waals surface area contributed by atoms with Gasteiger partial charge < -0.3 is 15.4 Å². The molecule has 0 atom stereocenters. The van der Waals surface area contributed by atoms with E-state index in [2.05, 4.69) is 15.5 Å². The summed E-state index contributed by atoms with van der Waals surface area (Å²) in [6, 6.07) is 5.47. The van der Waals surface area contributed by atoms with Crippen LogP contribution in [0, 0.1) is 0 Å². The lowest BCUT2D eigenvalue weighted by Crippen LogP contribution is -2.44. The van der Waals surface area contributed by atoms with Crippen molar-refractivity contribution in [1.29, 1.82) is 0 Å². The van der Waals surface area contributed by atoms with E-state index in [1.165, 1.54) is 12.1 Å². The van der Waals surface area contributed by atoms with Crippen LogP contribution in [0.15, 0.2) is 24.3 Å². The van der Waals surface area contributed by atoms with Gasteiger partial charge in [-0.15, -0.1) is 0 Å². The SMILES string of the molecule is CC(C)(C)OC(=O)NCCCC(=O)NC1CCN(Cc2cccc(C(F)(F)F)c2)CC1. The Hall–Kier alpha value is -2.29. The highest BCUT2D eigenvalue weighted by atomic mass is 19.4. The van der Waals surface area contributed by atoms with Crippen LogP contribution >= 0.6 is 0 Å². The van der Waals surface area contributed by atoms with E-state index in [1.807, 2.05) is 0 Å². The molecule has 6 nitrogen and oxygen atoms in total. The van der Waals surface area contributed by atoms with Crippen LogP contribution in [0.4, 0.5) is 18.0 Å². The highest BCUT2D eigenvalue weighted by molar-refractivity contribution is 5.76. The minimum atomic E-state index is -4.34. The number of piperidine rings is 1. The summed E-state index contributed by atoms with van der Waals surface area (Å²) in [4.78, 5) is 25.8. The molecular weight excluding hydrogens is 411 g/mol. The first kappa shape index (κ1) is 25.0. The van der Waals surface area contributed by atoms with Crippen LogP contribution in [-0.2, 0) is 22.3 Å². The average Bonchev–Trinajstić information content (AvgIpc) is 2.65. The summed E-state index contributed by atoms with van der Waals surface area (Å²) in [6.45, 7) is 7.59. The smallest absolute Gasteiger partial charge is 0.416 e. The van der Waals surface area contributed by atoms with E-state index in [4.69, 9.17) is 4.74 Å². The van der Waals surface area contributed by atoms with Crippen LogP contribution in [0.2, 0.25) is 0 Å². The topological polar surface area (TPSA) is 70.7 Å². The van der Waals surface area contributed by atoms with E-state index in [9.17, 15) is 22.8 Å². The Kier molecular flexibility index (Phi) is 8.73. The van der Waals surface area contributed by atoms with Crippen molar-refractivity contribution in [1.82, 2.24) is 15.5 Å². The third kappa shape index (κ3) is 9.59. The van der Waals surface area contributed by atoms with E-state index in [0.717, 1.165) is 18.9 Å². The number of alkyl carbamates (subject to hydrolysis) is 1. The van der Waals surface area contributed by atoms with E-state index in [1.54, 1.807) is 26.8 Å². The van der Waals surface area contributed by atoms with Gasteiger partial charge in [0.15, 0.2) is 0 Å². The molecule has 0 radical (unpaired) electrons. The summed E-state index contributed by atoms with van der Waals surface area (Å²) in [6.07, 6.45) is -2.52. The van der Waals surface area contributed by atoms with Crippen LogP contribution in [0.5, 0.6) is 0 Å². The van der Waals surface area contributed by atoms with Gasteiger partial charge in [-0.25, -0.2) is 4.79 Å². The summed E-state index contributed by atoms with van der Waals surface area (Å²) in [7, 11) is 0. The number of benzene rings is 1. The predicted octanol–water partition coefficient (Wildman–Crippen LogP) is 4.09. The maximum atomic E-state index is 12.9. The molecule has 2 amide bonds. The molecule has 1 aromatic rings. The van der Waals surface area contributed by atoms with Crippen molar-refractivity contribution in [2.24, 2.45) is 0 Å². The van der Waals surface area contributed by atoms with Gasteiger partial charge in [-0.2, -0.15) is 13.2 Å². The fraction of sp³-hybridized carbons (Fsp3) is 0.636. The summed E-state index contributed by atoms with van der Waals surface area (Å²) < 4.78 is 43.7. The molecule has 1 aliphatic heterocycles. The average molecular weight is 444 g/mol. The van der Waals surface area contributed by atoms with E-state index in [-0.39, 0.29) is 11.9 Å². The Morgan fingerprint density at radius 1 is 1.16 bits per heavy atom. The van der Waals surface area contributed by atoms with E-state index < -0.39 is 23.4 Å². The molecule has 174 valence electrons. The molecule has 2 rings (SSSR count). The molecule has 0 unspecified atom stereocenters. The number of hydrogen-bond donors (Lipinski definition) is 2. The summed E-state index contributed by atoms with van der Waals surface area (Å²) >= 11 is 0. The fourth-order valence-electron chi connectivity index (χ4n) is 3.39. The van der Waals surface area contributed by atoms with Crippen LogP contribution in [0.1, 0.15) is 57.6 Å². The molecular formula is C22H32F3N3O3. The minimum absolute atomic E-state index is 0.0593. The van der Waals surface area contributed by atoms with Gasteiger partial charge in [0.1, 0.15) is 5.60 Å². The van der Waals surface area contributed by atoms with Crippen molar-refractivity contribution in [3.63, 3.8) is 0 Å². The third-order valence-electron chi connectivity index (χ3n) is 4.86. The molecule has 0 bridgehead atoms. The molecule has 2 N–H and O–H groups in total. The summed E-state index contributed by atoms with van der Waals surface area (Å²) in [5, 5.41) is 5.62. The number of carbonyl (C=O) groups is 2. The number of nitrogens with one attached hydrogen (secondary N) is 2. The number of hydrogen-bond acceptors (Lipinski definition) is 4. The van der Waals surface area contributed by atoms with Crippen LogP contribution < -0.4 is 10.6 Å². The lowest BCUT2D eigenvalue weighted by atomic mass is 10.0. The minimum Gasteiger partial charge on any atom is -0.444 e. The first-order valence-corrected chi connectivity index (χ1v) is 10.6. The molecule has 0 saturated carbocycles. The predicted molar refractivity (Wildman–Crippen MR) is 111 cm³/mol. The number of carbonyl (C=O) groups excluding carboxylic acids is 2. The quantitative estimate of drug-likeness (QED) is 0.623. The molecule has 1 aromatic carbocycles. The maximum absolute atomic E-state index is 12.9. The van der Waals surface area contributed by atoms with Crippen molar-refractivity contribution in [2.45, 2.75) is 70.8 Å². The van der Waals surface area contributed by atoms with E-state index in [0.29, 0.717) is 44.6 Å². The monoisotopic (exact) mass is 443 g/mol. The molecule has 31 heavy (non-hydrogen) atoms.